The molecule has 0 saturated carbocycles. The van der Waals surface area contributed by atoms with Crippen molar-refractivity contribution in [3.63, 3.8) is 0 Å². The van der Waals surface area contributed by atoms with Gasteiger partial charge in [0.2, 0.25) is 0 Å². The lowest BCUT2D eigenvalue weighted by Crippen LogP contribution is -2.35. The van der Waals surface area contributed by atoms with Gasteiger partial charge in [0.1, 0.15) is 0 Å². The maximum atomic E-state index is 11.5. The van der Waals surface area contributed by atoms with Crippen molar-refractivity contribution in [1.29, 1.82) is 0 Å². The van der Waals surface area contributed by atoms with Crippen LogP contribution in [0.5, 0.6) is 0 Å². The second-order valence-electron chi connectivity index (χ2n) is 3.52. The van der Waals surface area contributed by atoms with E-state index in [-0.39, 0.29) is 5.78 Å². The molecule has 72 valence electrons. The average molecular weight is 190 g/mol. The molecule has 1 aromatic rings. The quantitative estimate of drug-likeness (QED) is 0.607. The summed E-state index contributed by atoms with van der Waals surface area (Å²) in [6, 6.07) is 5.10. The van der Waals surface area contributed by atoms with E-state index >= 15 is 0 Å². The molecule has 1 aromatic carbocycles. The Hall–Kier alpha value is -1.13. The van der Waals surface area contributed by atoms with Crippen LogP contribution in [-0.4, -0.2) is 22.9 Å². The summed E-state index contributed by atoms with van der Waals surface area (Å²) in [6.45, 7) is 0. The maximum absolute atomic E-state index is 11.5. The Labute approximate surface area is 82.5 Å². The first-order chi connectivity index (χ1) is 6.70. The molecule has 0 aliphatic heterocycles. The van der Waals surface area contributed by atoms with Crippen LogP contribution >= 0.6 is 0 Å². The van der Waals surface area contributed by atoms with Gasteiger partial charge >= 0.3 is 7.12 Å². The summed E-state index contributed by atoms with van der Waals surface area (Å²) in [5.41, 5.74) is 1.93. The highest BCUT2D eigenvalue weighted by Crippen LogP contribution is 2.19. The zero-order valence-electron chi connectivity index (χ0n) is 7.73. The SMILES string of the molecule is O=C1CCCc2c(B(O)O)cccc21. The zero-order valence-corrected chi connectivity index (χ0v) is 7.73. The molecule has 14 heavy (non-hydrogen) atoms. The third-order valence-corrected chi connectivity index (χ3v) is 2.62. The van der Waals surface area contributed by atoms with E-state index in [9.17, 15) is 4.79 Å². The summed E-state index contributed by atoms with van der Waals surface area (Å²) >= 11 is 0. The topological polar surface area (TPSA) is 57.5 Å². The molecule has 4 heteroatoms. The van der Waals surface area contributed by atoms with Crippen LogP contribution in [-0.2, 0) is 6.42 Å². The van der Waals surface area contributed by atoms with Crippen molar-refractivity contribution in [2.75, 3.05) is 0 Å². The Kier molecular flexibility index (Phi) is 2.39. The fraction of sp³-hybridized carbons (Fsp3) is 0.300. The van der Waals surface area contributed by atoms with Gasteiger partial charge in [0, 0.05) is 12.0 Å². The highest BCUT2D eigenvalue weighted by molar-refractivity contribution is 6.59. The molecule has 0 radical (unpaired) electrons. The van der Waals surface area contributed by atoms with Crippen molar-refractivity contribution in [2.24, 2.45) is 0 Å². The minimum Gasteiger partial charge on any atom is -0.423 e. The van der Waals surface area contributed by atoms with Crippen molar-refractivity contribution in [1.82, 2.24) is 0 Å². The molecule has 0 fully saturated rings. The van der Waals surface area contributed by atoms with Gasteiger partial charge in [-0.15, -0.1) is 0 Å². The van der Waals surface area contributed by atoms with Crippen LogP contribution in [0, 0.1) is 0 Å². The molecule has 2 rings (SSSR count). The van der Waals surface area contributed by atoms with Crippen molar-refractivity contribution < 1.29 is 14.8 Å². The number of carbonyl (C=O) groups excluding carboxylic acids is 1. The van der Waals surface area contributed by atoms with Crippen molar-refractivity contribution in [3.8, 4) is 0 Å². The molecule has 1 aliphatic carbocycles. The Morgan fingerprint density at radius 3 is 2.71 bits per heavy atom. The second kappa shape index (κ2) is 3.56. The van der Waals surface area contributed by atoms with Gasteiger partial charge in [0.15, 0.2) is 5.78 Å². The number of fused-ring (bicyclic) bond motifs is 1. The van der Waals surface area contributed by atoms with Crippen molar-refractivity contribution >= 4 is 18.4 Å². The number of hydrogen-bond donors (Lipinski definition) is 2. The molecule has 0 unspecified atom stereocenters. The molecule has 3 nitrogen and oxygen atoms in total. The predicted molar refractivity (Wildman–Crippen MR) is 53.5 cm³/mol. The molecule has 0 aromatic heterocycles. The largest absolute Gasteiger partial charge is 0.488 e. The van der Waals surface area contributed by atoms with Crippen LogP contribution in [0.25, 0.3) is 0 Å². The molecule has 0 amide bonds. The fourth-order valence-corrected chi connectivity index (χ4v) is 1.95. The van der Waals surface area contributed by atoms with E-state index in [1.807, 2.05) is 0 Å². The summed E-state index contributed by atoms with van der Waals surface area (Å²) in [7, 11) is -1.48. The van der Waals surface area contributed by atoms with E-state index in [4.69, 9.17) is 10.0 Å². The maximum Gasteiger partial charge on any atom is 0.488 e. The molecular weight excluding hydrogens is 179 g/mol. The zero-order chi connectivity index (χ0) is 10.1. The summed E-state index contributed by atoms with van der Waals surface area (Å²) in [5.74, 6) is 0.105. The predicted octanol–water partition coefficient (Wildman–Crippen LogP) is -0.115. The van der Waals surface area contributed by atoms with Crippen LogP contribution in [0.1, 0.15) is 28.8 Å². The Balaban J connectivity index is 2.55. The van der Waals surface area contributed by atoms with E-state index < -0.39 is 7.12 Å². The van der Waals surface area contributed by atoms with E-state index in [1.54, 1.807) is 18.2 Å². The van der Waals surface area contributed by atoms with Crippen molar-refractivity contribution in [2.45, 2.75) is 19.3 Å². The first kappa shape index (κ1) is 9.43. The Morgan fingerprint density at radius 1 is 1.21 bits per heavy atom. The number of benzene rings is 1. The fourth-order valence-electron chi connectivity index (χ4n) is 1.95. The average Bonchev–Trinajstić information content (AvgIpc) is 2.17. The van der Waals surface area contributed by atoms with Gasteiger partial charge in [-0.25, -0.2) is 0 Å². The number of carbonyl (C=O) groups is 1. The summed E-state index contributed by atoms with van der Waals surface area (Å²) < 4.78 is 0. The highest BCUT2D eigenvalue weighted by Gasteiger charge is 2.23. The normalized spacial score (nSPS) is 15.1. The van der Waals surface area contributed by atoms with Crippen LogP contribution in [0.2, 0.25) is 0 Å². The van der Waals surface area contributed by atoms with Gasteiger partial charge in [-0.2, -0.15) is 0 Å². The molecule has 0 bridgehead atoms. The van der Waals surface area contributed by atoms with Gasteiger partial charge in [-0.05, 0) is 23.9 Å². The third-order valence-electron chi connectivity index (χ3n) is 2.62. The molecule has 2 N–H and O–H groups in total. The minimum atomic E-state index is -1.48. The lowest BCUT2D eigenvalue weighted by Gasteiger charge is -2.17. The van der Waals surface area contributed by atoms with E-state index in [2.05, 4.69) is 0 Å². The molecule has 1 aliphatic rings. The van der Waals surface area contributed by atoms with Crippen LogP contribution in [0.3, 0.4) is 0 Å². The van der Waals surface area contributed by atoms with Crippen LogP contribution in [0.15, 0.2) is 18.2 Å². The summed E-state index contributed by atoms with van der Waals surface area (Å²) in [4.78, 5) is 11.5. The monoisotopic (exact) mass is 190 g/mol. The third kappa shape index (κ3) is 1.47. The molecule has 0 saturated heterocycles. The van der Waals surface area contributed by atoms with Crippen LogP contribution in [0.4, 0.5) is 0 Å². The number of ketones is 1. The molecule has 0 spiro atoms. The van der Waals surface area contributed by atoms with Crippen LogP contribution < -0.4 is 5.46 Å². The highest BCUT2D eigenvalue weighted by atomic mass is 16.4. The van der Waals surface area contributed by atoms with E-state index in [0.29, 0.717) is 17.4 Å². The van der Waals surface area contributed by atoms with Gasteiger partial charge < -0.3 is 10.0 Å². The Bertz CT molecular complexity index is 374. The van der Waals surface area contributed by atoms with Gasteiger partial charge in [0.05, 0.1) is 0 Å². The van der Waals surface area contributed by atoms with Crippen molar-refractivity contribution in [3.05, 3.63) is 29.3 Å². The number of rotatable bonds is 1. The lowest BCUT2D eigenvalue weighted by molar-refractivity contribution is 0.0972. The number of Topliss-reactive ketones (excluding diaryl/α,β-unsaturated/α-hetero) is 1. The lowest BCUT2D eigenvalue weighted by atomic mass is 9.72. The van der Waals surface area contributed by atoms with E-state index in [0.717, 1.165) is 18.4 Å². The van der Waals surface area contributed by atoms with Gasteiger partial charge in [0.25, 0.3) is 0 Å². The summed E-state index contributed by atoms with van der Waals surface area (Å²) in [6.07, 6.45) is 2.13. The Morgan fingerprint density at radius 2 is 2.00 bits per heavy atom. The molecular formula is C10H11BO3. The van der Waals surface area contributed by atoms with Gasteiger partial charge in [-0.3, -0.25) is 4.79 Å². The molecule has 0 heterocycles. The molecule has 0 atom stereocenters. The number of hydrogen-bond acceptors (Lipinski definition) is 3. The summed E-state index contributed by atoms with van der Waals surface area (Å²) in [5, 5.41) is 18.2. The van der Waals surface area contributed by atoms with E-state index in [1.165, 1.54) is 0 Å². The second-order valence-corrected chi connectivity index (χ2v) is 3.52. The first-order valence-corrected chi connectivity index (χ1v) is 4.71. The smallest absolute Gasteiger partial charge is 0.423 e. The van der Waals surface area contributed by atoms with Gasteiger partial charge in [-0.1, -0.05) is 18.2 Å². The minimum absolute atomic E-state index is 0.105. The first-order valence-electron chi connectivity index (χ1n) is 4.71. The standard InChI is InChI=1S/C10H11BO3/c12-10-6-2-3-7-8(10)4-1-5-9(7)11(13)14/h1,4-5,13-14H,2-3,6H2.